The van der Waals surface area contributed by atoms with Crippen molar-refractivity contribution in [2.75, 3.05) is 30.0 Å². The summed E-state index contributed by atoms with van der Waals surface area (Å²) in [6, 6.07) is -0.878. The molecule has 0 saturated carbocycles. The molecule has 30 heavy (non-hydrogen) atoms. The van der Waals surface area contributed by atoms with Gasteiger partial charge in [0.2, 0.25) is 15.9 Å². The number of hydrogen-bond donors (Lipinski definition) is 2. The molecule has 11 heteroatoms. The van der Waals surface area contributed by atoms with Crippen molar-refractivity contribution >= 4 is 27.4 Å². The van der Waals surface area contributed by atoms with E-state index in [1.165, 1.54) is 13.8 Å². The van der Waals surface area contributed by atoms with Crippen molar-refractivity contribution < 1.29 is 13.2 Å². The van der Waals surface area contributed by atoms with Crippen LogP contribution in [0.4, 0.5) is 11.5 Å². The van der Waals surface area contributed by atoms with Gasteiger partial charge in [0.1, 0.15) is 11.9 Å². The number of nitrogen functional groups attached to an aromatic ring is 1. The molecule has 1 aromatic heterocycles. The Morgan fingerprint density at radius 3 is 2.47 bits per heavy atom. The molecule has 0 radical (unpaired) electrons. The molecule has 0 bridgehead atoms. The molecule has 170 valence electrons. The van der Waals surface area contributed by atoms with Crippen LogP contribution in [0.1, 0.15) is 58.8 Å². The van der Waals surface area contributed by atoms with Crippen LogP contribution in [0.2, 0.25) is 0 Å². The smallest absolute Gasteiger partial charge is 0.330 e. The van der Waals surface area contributed by atoms with Gasteiger partial charge in [0.15, 0.2) is 5.69 Å². The second kappa shape index (κ2) is 10.3. The summed E-state index contributed by atoms with van der Waals surface area (Å²) in [4.78, 5) is 41.9. The Morgan fingerprint density at radius 1 is 1.20 bits per heavy atom. The van der Waals surface area contributed by atoms with E-state index in [4.69, 9.17) is 5.73 Å². The van der Waals surface area contributed by atoms with Crippen LogP contribution in [-0.2, 0) is 21.4 Å². The van der Waals surface area contributed by atoms with Crippen molar-refractivity contribution in [1.82, 2.24) is 13.9 Å². The summed E-state index contributed by atoms with van der Waals surface area (Å²) in [7, 11) is -3.57. The van der Waals surface area contributed by atoms with E-state index in [1.54, 1.807) is 0 Å². The first kappa shape index (κ1) is 24.1. The lowest BCUT2D eigenvalue weighted by atomic mass is 10.1. The molecular weight excluding hydrogens is 410 g/mol. The molecule has 0 unspecified atom stereocenters. The maximum atomic E-state index is 13.4. The number of H-pyrrole nitrogens is 1. The first-order valence-corrected chi connectivity index (χ1v) is 12.4. The monoisotopic (exact) mass is 443 g/mol. The molecule has 1 aliphatic rings. The van der Waals surface area contributed by atoms with Gasteiger partial charge < -0.3 is 10.6 Å². The third kappa shape index (κ3) is 5.31. The lowest BCUT2D eigenvalue weighted by Gasteiger charge is -2.30. The fourth-order valence-electron chi connectivity index (χ4n) is 3.79. The summed E-state index contributed by atoms with van der Waals surface area (Å²) < 4.78 is 26.7. The van der Waals surface area contributed by atoms with Crippen molar-refractivity contribution in [3.63, 3.8) is 0 Å². The zero-order valence-electron chi connectivity index (χ0n) is 18.0. The highest BCUT2D eigenvalue weighted by molar-refractivity contribution is 7.88. The standard InChI is InChI=1S/C19H33N5O5S/c1-4-6-8-12-22(18(26)14-10-9-13-24(14)30(3,28)29)15-16(20)23(11-7-5-2)19(27)21-17(15)25/h14H,4-13,20H2,1-3H3,(H,21,25,27)/t14-/m1/s1. The minimum atomic E-state index is -3.57. The number of unbranched alkanes of at least 4 members (excludes halogenated alkanes) is 3. The fourth-order valence-corrected chi connectivity index (χ4v) is 4.91. The van der Waals surface area contributed by atoms with Crippen LogP contribution in [-0.4, -0.2) is 53.6 Å². The molecule has 1 aromatic rings. The Bertz CT molecular complexity index is 969. The Kier molecular flexibility index (Phi) is 8.25. The number of nitrogens with one attached hydrogen (secondary N) is 1. The number of nitrogens with zero attached hydrogens (tertiary/aromatic N) is 3. The van der Waals surface area contributed by atoms with Gasteiger partial charge in [-0.3, -0.25) is 19.1 Å². The molecule has 1 atom stereocenters. The van der Waals surface area contributed by atoms with Crippen molar-refractivity contribution in [2.45, 2.75) is 71.4 Å². The molecule has 2 heterocycles. The number of aromatic nitrogens is 2. The van der Waals surface area contributed by atoms with Crippen LogP contribution >= 0.6 is 0 Å². The van der Waals surface area contributed by atoms with Crippen LogP contribution in [0, 0.1) is 0 Å². The van der Waals surface area contributed by atoms with Crippen molar-refractivity contribution in [1.29, 1.82) is 0 Å². The van der Waals surface area contributed by atoms with Gasteiger partial charge in [-0.1, -0.05) is 33.1 Å². The highest BCUT2D eigenvalue weighted by Gasteiger charge is 2.40. The van der Waals surface area contributed by atoms with E-state index < -0.39 is 33.2 Å². The van der Waals surface area contributed by atoms with Gasteiger partial charge in [-0.2, -0.15) is 4.31 Å². The second-order valence-corrected chi connectivity index (χ2v) is 9.66. The quantitative estimate of drug-likeness (QED) is 0.514. The summed E-state index contributed by atoms with van der Waals surface area (Å²) in [5, 5.41) is 0. The largest absolute Gasteiger partial charge is 0.383 e. The molecule has 1 fully saturated rings. The van der Waals surface area contributed by atoms with Crippen molar-refractivity contribution in [3.05, 3.63) is 20.8 Å². The fraction of sp³-hybridized carbons (Fsp3) is 0.737. The predicted octanol–water partition coefficient (Wildman–Crippen LogP) is 0.866. The van der Waals surface area contributed by atoms with Crippen molar-refractivity contribution in [2.24, 2.45) is 0 Å². The van der Waals surface area contributed by atoms with E-state index in [0.717, 1.165) is 25.5 Å². The van der Waals surface area contributed by atoms with Gasteiger partial charge in [0, 0.05) is 19.6 Å². The summed E-state index contributed by atoms with van der Waals surface area (Å²) in [5.41, 5.74) is 4.77. The van der Waals surface area contributed by atoms with Crippen LogP contribution < -0.4 is 21.9 Å². The maximum Gasteiger partial charge on any atom is 0.330 e. The summed E-state index contributed by atoms with van der Waals surface area (Å²) in [6.45, 7) is 4.79. The van der Waals surface area contributed by atoms with E-state index in [-0.39, 0.29) is 24.6 Å². The number of aromatic amines is 1. The first-order chi connectivity index (χ1) is 14.1. The topological polar surface area (TPSA) is 139 Å². The average molecular weight is 444 g/mol. The first-order valence-electron chi connectivity index (χ1n) is 10.5. The van der Waals surface area contributed by atoms with Crippen LogP contribution in [0.3, 0.4) is 0 Å². The molecule has 1 amide bonds. The predicted molar refractivity (Wildman–Crippen MR) is 117 cm³/mol. The average Bonchev–Trinajstić information content (AvgIpc) is 3.16. The summed E-state index contributed by atoms with van der Waals surface area (Å²) in [6.07, 6.45) is 5.89. The van der Waals surface area contributed by atoms with Gasteiger partial charge in [-0.05, 0) is 25.7 Å². The Morgan fingerprint density at radius 2 is 1.87 bits per heavy atom. The second-order valence-electron chi connectivity index (χ2n) is 7.73. The number of carbonyl (C=O) groups excluding carboxylic acids is 1. The van der Waals surface area contributed by atoms with Crippen molar-refractivity contribution in [3.8, 4) is 0 Å². The van der Waals surface area contributed by atoms with Gasteiger partial charge in [0.05, 0.1) is 6.26 Å². The molecule has 0 spiro atoms. The number of rotatable bonds is 10. The van der Waals surface area contributed by atoms with E-state index in [2.05, 4.69) is 4.98 Å². The molecule has 2 rings (SSSR count). The number of carbonyl (C=O) groups is 1. The molecule has 0 aromatic carbocycles. The van der Waals surface area contributed by atoms with Gasteiger partial charge >= 0.3 is 5.69 Å². The Balaban J connectivity index is 2.53. The van der Waals surface area contributed by atoms with E-state index in [0.29, 0.717) is 32.2 Å². The van der Waals surface area contributed by atoms with Crippen LogP contribution in [0.15, 0.2) is 9.59 Å². The number of amides is 1. The maximum absolute atomic E-state index is 13.4. The lowest BCUT2D eigenvalue weighted by Crippen LogP contribution is -2.50. The molecule has 1 saturated heterocycles. The normalized spacial score (nSPS) is 17.4. The minimum Gasteiger partial charge on any atom is -0.383 e. The molecule has 0 aliphatic carbocycles. The lowest BCUT2D eigenvalue weighted by molar-refractivity contribution is -0.121. The van der Waals surface area contributed by atoms with E-state index in [1.807, 2.05) is 13.8 Å². The molecular formula is C19H33N5O5S. The number of anilines is 2. The van der Waals surface area contributed by atoms with E-state index in [9.17, 15) is 22.8 Å². The highest BCUT2D eigenvalue weighted by atomic mass is 32.2. The Labute approximate surface area is 177 Å². The highest BCUT2D eigenvalue weighted by Crippen LogP contribution is 2.26. The zero-order valence-corrected chi connectivity index (χ0v) is 18.8. The molecule has 10 nitrogen and oxygen atoms in total. The van der Waals surface area contributed by atoms with Gasteiger partial charge in [-0.15, -0.1) is 0 Å². The van der Waals surface area contributed by atoms with Gasteiger partial charge in [0.25, 0.3) is 5.56 Å². The van der Waals surface area contributed by atoms with Crippen LogP contribution in [0.5, 0.6) is 0 Å². The third-order valence-electron chi connectivity index (χ3n) is 5.39. The Hall–Kier alpha value is -2.14. The number of hydrogen-bond acceptors (Lipinski definition) is 6. The SMILES string of the molecule is CCCCCN(C(=O)[C@H]1CCCN1S(C)(=O)=O)c1c(N)n(CCCC)c(=O)[nH]c1=O. The van der Waals surface area contributed by atoms with Gasteiger partial charge in [-0.25, -0.2) is 13.2 Å². The minimum absolute atomic E-state index is 0.0639. The van der Waals surface area contributed by atoms with E-state index >= 15 is 0 Å². The summed E-state index contributed by atoms with van der Waals surface area (Å²) >= 11 is 0. The summed E-state index contributed by atoms with van der Waals surface area (Å²) in [5.74, 6) is -0.544. The molecule has 3 N–H and O–H groups in total. The zero-order chi connectivity index (χ0) is 22.5. The molecule has 1 aliphatic heterocycles. The number of nitrogens with two attached hydrogens (primary N) is 1. The number of sulfonamides is 1. The third-order valence-corrected chi connectivity index (χ3v) is 6.67. The van der Waals surface area contributed by atoms with Crippen LogP contribution in [0.25, 0.3) is 0 Å².